The van der Waals surface area contributed by atoms with E-state index in [0.29, 0.717) is 16.4 Å². The lowest BCUT2D eigenvalue weighted by molar-refractivity contribution is 0.0737. The number of anilines is 1. The number of amides is 1. The molecule has 1 amide bonds. The molecule has 1 aromatic carbocycles. The molecule has 0 fully saturated rings. The third-order valence-electron chi connectivity index (χ3n) is 3.40. The van der Waals surface area contributed by atoms with Crippen molar-refractivity contribution in [2.45, 2.75) is 13.0 Å². The number of aromatic nitrogens is 1. The van der Waals surface area contributed by atoms with Crippen molar-refractivity contribution < 1.29 is 4.79 Å². The molecule has 2 aromatic rings. The molecule has 0 saturated carbocycles. The second-order valence-electron chi connectivity index (χ2n) is 4.69. The van der Waals surface area contributed by atoms with E-state index in [-0.39, 0.29) is 11.9 Å². The minimum absolute atomic E-state index is 0.164. The summed E-state index contributed by atoms with van der Waals surface area (Å²) in [6.45, 7) is 1.92. The molecule has 0 spiro atoms. The zero-order valence-electron chi connectivity index (χ0n) is 11.9. The van der Waals surface area contributed by atoms with Crippen LogP contribution < -0.4 is 11.3 Å². The molecule has 5 nitrogen and oxygen atoms in total. The van der Waals surface area contributed by atoms with Crippen LogP contribution >= 0.6 is 11.6 Å². The van der Waals surface area contributed by atoms with Crippen LogP contribution in [0.5, 0.6) is 0 Å². The Labute approximate surface area is 128 Å². The molecule has 1 aromatic heterocycles. The molecule has 110 valence electrons. The topological polar surface area (TPSA) is 71.2 Å². The lowest BCUT2D eigenvalue weighted by Crippen LogP contribution is -2.30. The number of nitrogens with one attached hydrogen (secondary N) is 1. The first kappa shape index (κ1) is 15.3. The molecule has 0 saturated heterocycles. The van der Waals surface area contributed by atoms with Crippen molar-refractivity contribution in [2.75, 3.05) is 12.5 Å². The number of benzene rings is 1. The molecule has 0 aliphatic heterocycles. The summed E-state index contributed by atoms with van der Waals surface area (Å²) in [7, 11) is 1.72. The van der Waals surface area contributed by atoms with Crippen molar-refractivity contribution in [1.29, 1.82) is 0 Å². The Bertz CT molecular complexity index is 647. The Morgan fingerprint density at radius 1 is 1.38 bits per heavy atom. The van der Waals surface area contributed by atoms with Gasteiger partial charge in [0, 0.05) is 18.3 Å². The van der Waals surface area contributed by atoms with E-state index in [9.17, 15) is 4.79 Å². The van der Waals surface area contributed by atoms with E-state index >= 15 is 0 Å². The first-order chi connectivity index (χ1) is 10.0. The Kier molecular flexibility index (Phi) is 4.77. The van der Waals surface area contributed by atoms with E-state index in [1.165, 1.54) is 6.20 Å². The van der Waals surface area contributed by atoms with Crippen LogP contribution in [0.3, 0.4) is 0 Å². The maximum absolute atomic E-state index is 12.5. The van der Waals surface area contributed by atoms with Crippen LogP contribution in [0.4, 0.5) is 5.69 Å². The molecule has 0 aliphatic rings. The first-order valence-electron chi connectivity index (χ1n) is 6.49. The molecule has 6 heteroatoms. The highest BCUT2D eigenvalue weighted by atomic mass is 35.5. The summed E-state index contributed by atoms with van der Waals surface area (Å²) in [5.74, 6) is 5.15. The van der Waals surface area contributed by atoms with Gasteiger partial charge < -0.3 is 10.3 Å². The van der Waals surface area contributed by atoms with Gasteiger partial charge >= 0.3 is 0 Å². The Hall–Kier alpha value is -2.11. The first-order valence-corrected chi connectivity index (χ1v) is 6.86. The second kappa shape index (κ2) is 6.56. The molecule has 0 radical (unpaired) electrons. The van der Waals surface area contributed by atoms with Gasteiger partial charge in [-0.25, -0.2) is 0 Å². The number of carbonyl (C=O) groups excluding carboxylic acids is 1. The average molecular weight is 305 g/mol. The summed E-state index contributed by atoms with van der Waals surface area (Å²) < 4.78 is 0. The summed E-state index contributed by atoms with van der Waals surface area (Å²) in [5, 5.41) is 0.634. The van der Waals surface area contributed by atoms with Gasteiger partial charge in [-0.2, -0.15) is 0 Å². The number of hydrogen-bond donors (Lipinski definition) is 2. The minimum atomic E-state index is -0.195. The van der Waals surface area contributed by atoms with Gasteiger partial charge in [0.05, 0.1) is 11.7 Å². The maximum Gasteiger partial charge on any atom is 0.272 e. The fourth-order valence-corrected chi connectivity index (χ4v) is 2.31. The van der Waals surface area contributed by atoms with Gasteiger partial charge in [-0.05, 0) is 30.7 Å². The Morgan fingerprint density at radius 2 is 2.10 bits per heavy atom. The van der Waals surface area contributed by atoms with Crippen molar-refractivity contribution in [3.8, 4) is 0 Å². The van der Waals surface area contributed by atoms with Crippen LogP contribution in [0.15, 0.2) is 42.6 Å². The number of nitrogens with two attached hydrogens (primary N) is 1. The van der Waals surface area contributed by atoms with Gasteiger partial charge in [-0.15, -0.1) is 0 Å². The monoisotopic (exact) mass is 304 g/mol. The number of hydrogen-bond acceptors (Lipinski definition) is 4. The van der Waals surface area contributed by atoms with Crippen molar-refractivity contribution in [3.63, 3.8) is 0 Å². The predicted octanol–water partition coefficient (Wildman–Crippen LogP) is 2.85. The molecule has 3 N–H and O–H groups in total. The van der Waals surface area contributed by atoms with Crippen LogP contribution in [-0.2, 0) is 0 Å². The maximum atomic E-state index is 12.5. The normalized spacial score (nSPS) is 11.8. The van der Waals surface area contributed by atoms with Crippen LogP contribution in [-0.4, -0.2) is 22.8 Å². The van der Waals surface area contributed by atoms with Crippen LogP contribution in [0.1, 0.15) is 29.0 Å². The fourth-order valence-electron chi connectivity index (χ4n) is 2.02. The van der Waals surface area contributed by atoms with E-state index in [1.54, 1.807) is 24.1 Å². The highest BCUT2D eigenvalue weighted by molar-refractivity contribution is 6.31. The van der Waals surface area contributed by atoms with E-state index in [0.717, 1.165) is 5.56 Å². The molecule has 1 unspecified atom stereocenters. The molecular formula is C15H17ClN4O. The van der Waals surface area contributed by atoms with Crippen molar-refractivity contribution in [3.05, 3.63) is 58.9 Å². The molecule has 1 atom stereocenters. The molecule has 0 bridgehead atoms. The number of hydrazine groups is 1. The Morgan fingerprint density at radius 3 is 2.76 bits per heavy atom. The van der Waals surface area contributed by atoms with Crippen LogP contribution in [0, 0.1) is 0 Å². The van der Waals surface area contributed by atoms with E-state index in [4.69, 9.17) is 17.4 Å². The van der Waals surface area contributed by atoms with Gasteiger partial charge in [0.15, 0.2) is 0 Å². The van der Waals surface area contributed by atoms with Gasteiger partial charge in [-0.3, -0.25) is 15.6 Å². The fraction of sp³-hybridized carbons (Fsp3) is 0.200. The van der Waals surface area contributed by atoms with Crippen molar-refractivity contribution in [1.82, 2.24) is 9.88 Å². The second-order valence-corrected chi connectivity index (χ2v) is 5.09. The average Bonchev–Trinajstić information content (AvgIpc) is 2.53. The lowest BCUT2D eigenvalue weighted by Gasteiger charge is -2.25. The summed E-state index contributed by atoms with van der Waals surface area (Å²) in [6, 6.07) is 10.6. The third kappa shape index (κ3) is 3.32. The van der Waals surface area contributed by atoms with Crippen molar-refractivity contribution >= 4 is 23.2 Å². The number of carbonyl (C=O) groups is 1. The SMILES string of the molecule is CC(c1ccccc1Cl)N(C)C(=O)c1cc(NN)ccn1. The molecule has 2 rings (SSSR count). The largest absolute Gasteiger partial charge is 0.334 e. The van der Waals surface area contributed by atoms with Gasteiger partial charge in [0.2, 0.25) is 0 Å². The quantitative estimate of drug-likeness (QED) is 0.673. The lowest BCUT2D eigenvalue weighted by atomic mass is 10.1. The third-order valence-corrected chi connectivity index (χ3v) is 3.75. The predicted molar refractivity (Wildman–Crippen MR) is 84.0 cm³/mol. The molecule has 21 heavy (non-hydrogen) atoms. The zero-order valence-corrected chi connectivity index (χ0v) is 12.6. The minimum Gasteiger partial charge on any atom is -0.334 e. The van der Waals surface area contributed by atoms with Crippen molar-refractivity contribution in [2.24, 2.45) is 5.84 Å². The van der Waals surface area contributed by atoms with Gasteiger partial charge in [-0.1, -0.05) is 29.8 Å². The van der Waals surface area contributed by atoms with E-state index < -0.39 is 0 Å². The van der Waals surface area contributed by atoms with Crippen LogP contribution in [0.25, 0.3) is 0 Å². The standard InChI is InChI=1S/C15H17ClN4O/c1-10(12-5-3-4-6-13(12)16)20(2)15(21)14-9-11(19-17)7-8-18-14/h3-10H,17H2,1-2H3,(H,18,19). The number of nitrogens with zero attached hydrogens (tertiary/aromatic N) is 2. The summed E-state index contributed by atoms with van der Waals surface area (Å²) in [5.41, 5.74) is 4.35. The van der Waals surface area contributed by atoms with Gasteiger partial charge in [0.1, 0.15) is 5.69 Å². The van der Waals surface area contributed by atoms with E-state index in [2.05, 4.69) is 10.4 Å². The highest BCUT2D eigenvalue weighted by Crippen LogP contribution is 2.27. The van der Waals surface area contributed by atoms with Crippen LogP contribution in [0.2, 0.25) is 5.02 Å². The zero-order chi connectivity index (χ0) is 15.4. The van der Waals surface area contributed by atoms with E-state index in [1.807, 2.05) is 31.2 Å². The Balaban J connectivity index is 2.24. The highest BCUT2D eigenvalue weighted by Gasteiger charge is 2.21. The molecule has 0 aliphatic carbocycles. The summed E-state index contributed by atoms with van der Waals surface area (Å²) in [6.07, 6.45) is 1.54. The number of pyridine rings is 1. The van der Waals surface area contributed by atoms with Gasteiger partial charge in [0.25, 0.3) is 5.91 Å². The smallest absolute Gasteiger partial charge is 0.272 e. The molecule has 1 heterocycles. The number of nitrogen functional groups attached to an aromatic ring is 1. The number of halogens is 1. The summed E-state index contributed by atoms with van der Waals surface area (Å²) >= 11 is 6.18. The summed E-state index contributed by atoms with van der Waals surface area (Å²) in [4.78, 5) is 18.2. The number of rotatable bonds is 4. The molecular weight excluding hydrogens is 288 g/mol.